The van der Waals surface area contributed by atoms with E-state index in [1.807, 2.05) is 25.6 Å². The van der Waals surface area contributed by atoms with Crippen LogP contribution in [0.4, 0.5) is 0 Å². The van der Waals surface area contributed by atoms with Crippen LogP contribution in [0.5, 0.6) is 0 Å². The maximum absolute atomic E-state index is 8.40. The van der Waals surface area contributed by atoms with Crippen LogP contribution in [0.2, 0.25) is 0 Å². The van der Waals surface area contributed by atoms with E-state index in [0.717, 1.165) is 5.01 Å². The molecule has 6 heteroatoms. The molecule has 4 nitrogen and oxygen atoms in total. The summed E-state index contributed by atoms with van der Waals surface area (Å²) < 4.78 is 0. The lowest BCUT2D eigenvalue weighted by Gasteiger charge is -1.97. The molecule has 0 spiro atoms. The smallest absolute Gasteiger partial charge is 0.183 e. The zero-order valence-corrected chi connectivity index (χ0v) is 9.58. The van der Waals surface area contributed by atoms with Gasteiger partial charge in [0.1, 0.15) is 5.01 Å². The second-order valence-corrected chi connectivity index (χ2v) is 4.54. The Hall–Kier alpha value is -1.06. The molecule has 0 unspecified atom stereocenters. The molecular formula is C8H10N4S2. The molecule has 14 heavy (non-hydrogen) atoms. The molecule has 1 heterocycles. The van der Waals surface area contributed by atoms with Gasteiger partial charge in [0.15, 0.2) is 11.4 Å². The Balaban J connectivity index is 2.57. The summed E-state index contributed by atoms with van der Waals surface area (Å²) in [5, 5.41) is 12.5. The Morgan fingerprint density at radius 3 is 3.14 bits per heavy atom. The number of aryl methyl sites for hydroxylation is 1. The average molecular weight is 226 g/mol. The average Bonchev–Trinajstić information content (AvgIpc) is 2.59. The first-order valence-corrected chi connectivity index (χ1v) is 5.95. The van der Waals surface area contributed by atoms with Gasteiger partial charge in [-0.3, -0.25) is 10.3 Å². The molecule has 0 aliphatic carbocycles. The van der Waals surface area contributed by atoms with Crippen molar-refractivity contribution in [3.05, 3.63) is 16.1 Å². The number of hydrogen-bond acceptors (Lipinski definition) is 5. The molecular weight excluding hydrogens is 216 g/mol. The molecule has 0 amide bonds. The van der Waals surface area contributed by atoms with Crippen LogP contribution >= 0.6 is 23.1 Å². The van der Waals surface area contributed by atoms with Crippen LogP contribution in [0.1, 0.15) is 9.88 Å². The third-order valence-corrected chi connectivity index (χ3v) is 2.90. The van der Waals surface area contributed by atoms with Gasteiger partial charge in [0.05, 0.1) is 6.54 Å². The number of rotatable bonds is 2. The second kappa shape index (κ2) is 5.62. The minimum Gasteiger partial charge on any atom is -0.272 e. The quantitative estimate of drug-likeness (QED) is 0.361. The van der Waals surface area contributed by atoms with Crippen LogP contribution in [0, 0.1) is 18.4 Å². The van der Waals surface area contributed by atoms with Crippen molar-refractivity contribution in [2.45, 2.75) is 13.5 Å². The summed E-state index contributed by atoms with van der Waals surface area (Å²) in [6.45, 7) is 2.54. The fourth-order valence-corrected chi connectivity index (χ4v) is 1.87. The topological polar surface area (TPSA) is 61.1 Å². The molecule has 0 radical (unpaired) electrons. The number of hydrogen-bond donors (Lipinski definition) is 1. The lowest BCUT2D eigenvalue weighted by atomic mass is 10.6. The summed E-state index contributed by atoms with van der Waals surface area (Å²) in [5.74, 6) is 0. The van der Waals surface area contributed by atoms with Crippen molar-refractivity contribution in [2.75, 3.05) is 6.26 Å². The summed E-state index contributed by atoms with van der Waals surface area (Å²) >= 11 is 3.03. The number of amidine groups is 1. The highest BCUT2D eigenvalue weighted by atomic mass is 32.2. The molecule has 1 N–H and O–H groups in total. The lowest BCUT2D eigenvalue weighted by molar-refractivity contribution is 1.03. The maximum Gasteiger partial charge on any atom is 0.183 e. The summed E-state index contributed by atoms with van der Waals surface area (Å²) in [4.78, 5) is 9.56. The Morgan fingerprint density at radius 2 is 2.64 bits per heavy atom. The van der Waals surface area contributed by atoms with Crippen molar-refractivity contribution in [2.24, 2.45) is 4.99 Å². The molecule has 0 saturated heterocycles. The van der Waals surface area contributed by atoms with Crippen molar-refractivity contribution >= 4 is 28.3 Å². The van der Waals surface area contributed by atoms with E-state index in [2.05, 4.69) is 15.3 Å². The van der Waals surface area contributed by atoms with E-state index in [9.17, 15) is 0 Å². The van der Waals surface area contributed by atoms with E-state index in [4.69, 9.17) is 5.26 Å². The Morgan fingerprint density at radius 1 is 1.86 bits per heavy atom. The van der Waals surface area contributed by atoms with Crippen molar-refractivity contribution < 1.29 is 0 Å². The van der Waals surface area contributed by atoms with Crippen molar-refractivity contribution in [3.8, 4) is 6.19 Å². The first-order chi connectivity index (χ1) is 6.76. The van der Waals surface area contributed by atoms with Gasteiger partial charge in [0.25, 0.3) is 0 Å². The van der Waals surface area contributed by atoms with Crippen LogP contribution in [-0.2, 0) is 6.54 Å². The third-order valence-electron chi connectivity index (χ3n) is 1.38. The zero-order chi connectivity index (χ0) is 10.4. The molecule has 1 rings (SSSR count). The molecule has 0 aromatic carbocycles. The zero-order valence-electron chi connectivity index (χ0n) is 7.94. The van der Waals surface area contributed by atoms with Gasteiger partial charge in [-0.05, 0) is 13.2 Å². The maximum atomic E-state index is 8.40. The number of aromatic nitrogens is 1. The van der Waals surface area contributed by atoms with Gasteiger partial charge in [0.2, 0.25) is 0 Å². The van der Waals surface area contributed by atoms with E-state index in [1.165, 1.54) is 16.6 Å². The van der Waals surface area contributed by atoms with E-state index in [1.54, 1.807) is 11.3 Å². The first-order valence-electron chi connectivity index (χ1n) is 3.91. The second-order valence-electron chi connectivity index (χ2n) is 2.43. The molecule has 0 fully saturated rings. The number of thiazole rings is 1. The van der Waals surface area contributed by atoms with Gasteiger partial charge in [0, 0.05) is 11.1 Å². The van der Waals surface area contributed by atoms with E-state index in [-0.39, 0.29) is 0 Å². The van der Waals surface area contributed by atoms with Crippen LogP contribution in [-0.4, -0.2) is 16.4 Å². The highest BCUT2D eigenvalue weighted by molar-refractivity contribution is 8.13. The van der Waals surface area contributed by atoms with Crippen molar-refractivity contribution in [3.63, 3.8) is 0 Å². The van der Waals surface area contributed by atoms with Crippen molar-refractivity contribution in [1.29, 1.82) is 5.26 Å². The standard InChI is InChI=1S/C8H10N4S2/c1-6-3-10-7(14-6)4-11-8(13-2)12-5-9/h3H,4H2,1-2H3,(H,11,12). The predicted molar refractivity (Wildman–Crippen MR) is 60.3 cm³/mol. The minimum absolute atomic E-state index is 0.531. The molecule has 0 aliphatic heterocycles. The van der Waals surface area contributed by atoms with E-state index >= 15 is 0 Å². The summed E-state index contributed by atoms with van der Waals surface area (Å²) in [6.07, 6.45) is 5.54. The fraction of sp³-hybridized carbons (Fsp3) is 0.375. The summed E-state index contributed by atoms with van der Waals surface area (Å²) in [5.41, 5.74) is 0. The molecule has 0 bridgehead atoms. The molecule has 1 aromatic heterocycles. The van der Waals surface area contributed by atoms with E-state index < -0.39 is 0 Å². The number of nitriles is 1. The monoisotopic (exact) mass is 226 g/mol. The molecule has 0 saturated carbocycles. The number of nitrogens with one attached hydrogen (secondary N) is 1. The molecule has 0 aliphatic rings. The van der Waals surface area contributed by atoms with Crippen molar-refractivity contribution in [1.82, 2.24) is 10.3 Å². The Bertz CT molecular complexity index is 364. The third kappa shape index (κ3) is 3.36. The Kier molecular flexibility index (Phi) is 4.43. The van der Waals surface area contributed by atoms with Gasteiger partial charge < -0.3 is 0 Å². The molecule has 74 valence electrons. The van der Waals surface area contributed by atoms with Gasteiger partial charge in [-0.1, -0.05) is 11.8 Å². The van der Waals surface area contributed by atoms with Crippen LogP contribution in [0.15, 0.2) is 11.2 Å². The number of thioether (sulfide) groups is 1. The minimum atomic E-state index is 0.531. The van der Waals surface area contributed by atoms with E-state index in [0.29, 0.717) is 11.7 Å². The molecule has 1 aromatic rings. The SMILES string of the molecule is CSC(=NCc1ncc(C)s1)NC#N. The van der Waals surface area contributed by atoms with Crippen LogP contribution in [0.25, 0.3) is 0 Å². The normalized spacial score (nSPS) is 11.1. The molecule has 0 atom stereocenters. The van der Waals surface area contributed by atoms with Crippen LogP contribution < -0.4 is 5.32 Å². The van der Waals surface area contributed by atoms with Gasteiger partial charge in [-0.15, -0.1) is 11.3 Å². The Labute approximate surface area is 91.1 Å². The van der Waals surface area contributed by atoms with Gasteiger partial charge in [-0.2, -0.15) is 5.26 Å². The first kappa shape index (κ1) is 11.0. The number of aliphatic imine (C=N–C) groups is 1. The highest BCUT2D eigenvalue weighted by Crippen LogP contribution is 2.12. The summed E-state index contributed by atoms with van der Waals surface area (Å²) in [6, 6.07) is 0. The largest absolute Gasteiger partial charge is 0.272 e. The summed E-state index contributed by atoms with van der Waals surface area (Å²) in [7, 11) is 0. The van der Waals surface area contributed by atoms with Gasteiger partial charge >= 0.3 is 0 Å². The number of nitrogens with zero attached hydrogens (tertiary/aromatic N) is 3. The lowest BCUT2D eigenvalue weighted by Crippen LogP contribution is -2.13. The van der Waals surface area contributed by atoms with Crippen LogP contribution in [0.3, 0.4) is 0 Å². The van der Waals surface area contributed by atoms with Gasteiger partial charge in [-0.25, -0.2) is 4.98 Å². The highest BCUT2D eigenvalue weighted by Gasteiger charge is 1.98. The predicted octanol–water partition coefficient (Wildman–Crippen LogP) is 1.74. The fourth-order valence-electron chi connectivity index (χ4n) is 0.817.